The number of likely N-dealkylation sites (tertiary alicyclic amines) is 1. The Balaban J connectivity index is 1.36. The van der Waals surface area contributed by atoms with Crippen LogP contribution in [0.2, 0.25) is 0 Å². The van der Waals surface area contributed by atoms with Gasteiger partial charge in [-0.2, -0.15) is 0 Å². The Morgan fingerprint density at radius 3 is 2.50 bits per heavy atom. The molecule has 0 unspecified atom stereocenters. The average molecular weight is 412 g/mol. The standard InChI is InChI=1S/C24H33N3O3/c1-18-5-4-6-20(15-18)17-27-13-10-21(11-14-27)26-24(28)25-12-9-19-7-8-22(29-2)23(16-19)30-3/h4-8,15-16,21H,9-14,17H2,1-3H3,(H2,25,26,28). The third kappa shape index (κ3) is 6.39. The number of nitrogens with one attached hydrogen (secondary N) is 2. The molecule has 0 aromatic heterocycles. The van der Waals surface area contributed by atoms with Gasteiger partial charge >= 0.3 is 6.03 Å². The van der Waals surface area contributed by atoms with Crippen LogP contribution in [-0.4, -0.2) is 50.8 Å². The second-order valence-corrected chi connectivity index (χ2v) is 7.88. The van der Waals surface area contributed by atoms with Crippen LogP contribution in [0.5, 0.6) is 11.5 Å². The first-order chi connectivity index (χ1) is 14.6. The Hall–Kier alpha value is -2.73. The van der Waals surface area contributed by atoms with Crippen molar-refractivity contribution in [3.63, 3.8) is 0 Å². The molecular weight excluding hydrogens is 378 g/mol. The first-order valence-electron chi connectivity index (χ1n) is 10.6. The highest BCUT2D eigenvalue weighted by Gasteiger charge is 2.20. The summed E-state index contributed by atoms with van der Waals surface area (Å²) in [6.07, 6.45) is 2.70. The number of aryl methyl sites for hydroxylation is 1. The zero-order valence-corrected chi connectivity index (χ0v) is 18.2. The molecule has 30 heavy (non-hydrogen) atoms. The van der Waals surface area contributed by atoms with Gasteiger partial charge in [0, 0.05) is 32.2 Å². The maximum Gasteiger partial charge on any atom is 0.315 e. The number of hydrogen-bond donors (Lipinski definition) is 2. The van der Waals surface area contributed by atoms with Crippen molar-refractivity contribution in [1.82, 2.24) is 15.5 Å². The molecule has 0 bridgehead atoms. The summed E-state index contributed by atoms with van der Waals surface area (Å²) in [5, 5.41) is 6.08. The topological polar surface area (TPSA) is 62.8 Å². The van der Waals surface area contributed by atoms with E-state index in [2.05, 4.69) is 46.7 Å². The van der Waals surface area contributed by atoms with Crippen molar-refractivity contribution in [2.75, 3.05) is 33.9 Å². The van der Waals surface area contributed by atoms with E-state index in [1.165, 1.54) is 11.1 Å². The van der Waals surface area contributed by atoms with E-state index in [4.69, 9.17) is 9.47 Å². The molecule has 2 amide bonds. The van der Waals surface area contributed by atoms with Gasteiger partial charge in [-0.25, -0.2) is 4.79 Å². The van der Waals surface area contributed by atoms with E-state index < -0.39 is 0 Å². The largest absolute Gasteiger partial charge is 0.493 e. The number of carbonyl (C=O) groups excluding carboxylic acids is 1. The van der Waals surface area contributed by atoms with E-state index >= 15 is 0 Å². The Morgan fingerprint density at radius 1 is 1.03 bits per heavy atom. The summed E-state index contributed by atoms with van der Waals surface area (Å²) in [6, 6.07) is 14.6. The molecule has 2 aromatic rings. The minimum absolute atomic E-state index is 0.0902. The number of hydrogen-bond acceptors (Lipinski definition) is 4. The number of amides is 2. The van der Waals surface area contributed by atoms with E-state index in [0.29, 0.717) is 18.0 Å². The fourth-order valence-corrected chi connectivity index (χ4v) is 3.90. The number of nitrogens with zero attached hydrogens (tertiary/aromatic N) is 1. The van der Waals surface area contributed by atoms with Gasteiger partial charge in [-0.3, -0.25) is 4.90 Å². The van der Waals surface area contributed by atoms with Crippen LogP contribution >= 0.6 is 0 Å². The molecule has 0 spiro atoms. The number of benzene rings is 2. The SMILES string of the molecule is COc1ccc(CCNC(=O)NC2CCN(Cc3cccc(C)c3)CC2)cc1OC. The number of methoxy groups -OCH3 is 2. The van der Waals surface area contributed by atoms with Crippen molar-refractivity contribution in [3.8, 4) is 11.5 Å². The van der Waals surface area contributed by atoms with Crippen molar-refractivity contribution in [2.24, 2.45) is 0 Å². The summed E-state index contributed by atoms with van der Waals surface area (Å²) in [6.45, 7) is 5.69. The summed E-state index contributed by atoms with van der Waals surface area (Å²) in [7, 11) is 3.25. The van der Waals surface area contributed by atoms with Gasteiger partial charge < -0.3 is 20.1 Å². The van der Waals surface area contributed by atoms with Gasteiger partial charge in [-0.05, 0) is 49.4 Å². The van der Waals surface area contributed by atoms with Crippen LogP contribution < -0.4 is 20.1 Å². The molecule has 1 aliphatic heterocycles. The van der Waals surface area contributed by atoms with E-state index in [-0.39, 0.29) is 12.1 Å². The second-order valence-electron chi connectivity index (χ2n) is 7.88. The van der Waals surface area contributed by atoms with E-state index in [9.17, 15) is 4.79 Å². The molecule has 1 heterocycles. The van der Waals surface area contributed by atoms with Crippen LogP contribution in [0, 0.1) is 6.92 Å². The van der Waals surface area contributed by atoms with E-state index in [1.807, 2.05) is 18.2 Å². The summed E-state index contributed by atoms with van der Waals surface area (Å²) in [4.78, 5) is 14.7. The van der Waals surface area contributed by atoms with Crippen molar-refractivity contribution >= 4 is 6.03 Å². The molecule has 0 aliphatic carbocycles. The first kappa shape index (κ1) is 22.0. The zero-order valence-electron chi connectivity index (χ0n) is 18.2. The molecule has 2 N–H and O–H groups in total. The van der Waals surface area contributed by atoms with E-state index in [1.54, 1.807) is 14.2 Å². The van der Waals surface area contributed by atoms with Gasteiger partial charge in [-0.15, -0.1) is 0 Å². The van der Waals surface area contributed by atoms with Crippen LogP contribution in [0.1, 0.15) is 29.5 Å². The lowest BCUT2D eigenvalue weighted by Gasteiger charge is -2.32. The van der Waals surface area contributed by atoms with Gasteiger partial charge in [-0.1, -0.05) is 35.9 Å². The highest BCUT2D eigenvalue weighted by Crippen LogP contribution is 2.27. The molecule has 0 radical (unpaired) electrons. The number of urea groups is 1. The smallest absolute Gasteiger partial charge is 0.315 e. The molecular formula is C24H33N3O3. The molecule has 2 aromatic carbocycles. The van der Waals surface area contributed by atoms with Crippen LogP contribution in [-0.2, 0) is 13.0 Å². The summed E-state index contributed by atoms with van der Waals surface area (Å²) < 4.78 is 10.6. The molecule has 1 fully saturated rings. The number of ether oxygens (including phenoxy) is 2. The minimum Gasteiger partial charge on any atom is -0.493 e. The summed E-state index contributed by atoms with van der Waals surface area (Å²) in [5.74, 6) is 1.41. The van der Waals surface area contributed by atoms with Crippen molar-refractivity contribution < 1.29 is 14.3 Å². The average Bonchev–Trinajstić information content (AvgIpc) is 2.75. The highest BCUT2D eigenvalue weighted by atomic mass is 16.5. The quantitative estimate of drug-likeness (QED) is 0.698. The van der Waals surface area contributed by atoms with Crippen LogP contribution in [0.15, 0.2) is 42.5 Å². The third-order valence-electron chi connectivity index (χ3n) is 5.56. The molecule has 3 rings (SSSR count). The van der Waals surface area contributed by atoms with Gasteiger partial charge in [0.25, 0.3) is 0 Å². The number of rotatable bonds is 8. The second kappa shape index (κ2) is 10.9. The minimum atomic E-state index is -0.0902. The summed E-state index contributed by atoms with van der Waals surface area (Å²) >= 11 is 0. The first-order valence-corrected chi connectivity index (χ1v) is 10.6. The molecule has 162 valence electrons. The maximum absolute atomic E-state index is 12.3. The fraction of sp³-hybridized carbons (Fsp3) is 0.458. The Morgan fingerprint density at radius 2 is 1.80 bits per heavy atom. The highest BCUT2D eigenvalue weighted by molar-refractivity contribution is 5.74. The molecule has 0 atom stereocenters. The lowest BCUT2D eigenvalue weighted by atomic mass is 10.0. The molecule has 6 nitrogen and oxygen atoms in total. The van der Waals surface area contributed by atoms with Crippen LogP contribution in [0.3, 0.4) is 0 Å². The van der Waals surface area contributed by atoms with Crippen molar-refractivity contribution in [2.45, 2.75) is 38.8 Å². The Kier molecular flexibility index (Phi) is 7.97. The van der Waals surface area contributed by atoms with Crippen LogP contribution in [0.25, 0.3) is 0 Å². The number of carbonyl (C=O) groups is 1. The molecule has 6 heteroatoms. The lowest BCUT2D eigenvalue weighted by Crippen LogP contribution is -2.48. The normalized spacial score (nSPS) is 14.9. The lowest BCUT2D eigenvalue weighted by molar-refractivity contribution is 0.186. The zero-order chi connectivity index (χ0) is 21.3. The molecule has 0 saturated carbocycles. The maximum atomic E-state index is 12.3. The predicted molar refractivity (Wildman–Crippen MR) is 119 cm³/mol. The fourth-order valence-electron chi connectivity index (χ4n) is 3.90. The predicted octanol–water partition coefficient (Wildman–Crippen LogP) is 3.52. The van der Waals surface area contributed by atoms with Crippen LogP contribution in [0.4, 0.5) is 4.79 Å². The van der Waals surface area contributed by atoms with Crippen molar-refractivity contribution in [3.05, 3.63) is 59.2 Å². The molecule has 1 saturated heterocycles. The molecule has 1 aliphatic rings. The number of piperidine rings is 1. The van der Waals surface area contributed by atoms with Gasteiger partial charge in [0.15, 0.2) is 11.5 Å². The Bertz CT molecular complexity index is 832. The third-order valence-corrected chi connectivity index (χ3v) is 5.56. The van der Waals surface area contributed by atoms with Gasteiger partial charge in [0.2, 0.25) is 0 Å². The van der Waals surface area contributed by atoms with Gasteiger partial charge in [0.1, 0.15) is 0 Å². The van der Waals surface area contributed by atoms with Gasteiger partial charge in [0.05, 0.1) is 14.2 Å². The Labute approximate surface area is 179 Å². The van der Waals surface area contributed by atoms with E-state index in [0.717, 1.165) is 44.5 Å². The monoisotopic (exact) mass is 411 g/mol. The summed E-state index contributed by atoms with van der Waals surface area (Å²) in [5.41, 5.74) is 3.75. The van der Waals surface area contributed by atoms with Crippen molar-refractivity contribution in [1.29, 1.82) is 0 Å².